The number of hydrogen-bond donors (Lipinski definition) is 1. The molecule has 1 unspecified atom stereocenters. The second-order valence-corrected chi connectivity index (χ2v) is 8.39. The third-order valence-corrected chi connectivity index (χ3v) is 6.27. The molecule has 1 saturated heterocycles. The van der Waals surface area contributed by atoms with Gasteiger partial charge in [0.2, 0.25) is 0 Å². The molecule has 0 radical (unpaired) electrons. The highest BCUT2D eigenvalue weighted by Gasteiger charge is 2.26. The standard InChI is InChI=1S/C22H23ClN4O4S/c1-11-15(29-2)9-16(30-3)18(23)17(11)13-8-12-10-24-22(32-4)26-19(12)20(25-13)27-21(28)14-6-5-7-31-14/h8-10,14H,5-7H2,1-4H3,(H,25,27,28). The monoisotopic (exact) mass is 474 g/mol. The van der Waals surface area contributed by atoms with Crippen LogP contribution in [0.1, 0.15) is 18.4 Å². The average Bonchev–Trinajstić information content (AvgIpc) is 3.34. The van der Waals surface area contributed by atoms with E-state index in [1.807, 2.05) is 19.2 Å². The molecule has 2 aromatic heterocycles. The van der Waals surface area contributed by atoms with Gasteiger partial charge in [0, 0.05) is 35.4 Å². The van der Waals surface area contributed by atoms with E-state index >= 15 is 0 Å². The van der Waals surface area contributed by atoms with E-state index in [0.717, 1.165) is 12.0 Å². The Morgan fingerprint density at radius 1 is 1.25 bits per heavy atom. The van der Waals surface area contributed by atoms with Crippen LogP contribution in [0.15, 0.2) is 23.5 Å². The molecule has 1 atom stereocenters. The van der Waals surface area contributed by atoms with E-state index < -0.39 is 6.10 Å². The molecule has 8 nitrogen and oxygen atoms in total. The third kappa shape index (κ3) is 4.20. The predicted molar refractivity (Wildman–Crippen MR) is 125 cm³/mol. The van der Waals surface area contributed by atoms with Crippen LogP contribution in [0, 0.1) is 6.92 Å². The molecule has 1 aromatic carbocycles. The zero-order chi connectivity index (χ0) is 22.8. The Balaban J connectivity index is 1.91. The van der Waals surface area contributed by atoms with E-state index in [0.29, 0.717) is 62.7 Å². The van der Waals surface area contributed by atoms with Crippen LogP contribution in [-0.2, 0) is 9.53 Å². The molecule has 1 N–H and O–H groups in total. The van der Waals surface area contributed by atoms with Gasteiger partial charge in [0.1, 0.15) is 23.1 Å². The van der Waals surface area contributed by atoms with E-state index in [4.69, 9.17) is 30.8 Å². The fourth-order valence-corrected chi connectivity index (χ4v) is 4.40. The maximum Gasteiger partial charge on any atom is 0.254 e. The van der Waals surface area contributed by atoms with Gasteiger partial charge in [-0.15, -0.1) is 0 Å². The van der Waals surface area contributed by atoms with Crippen molar-refractivity contribution in [2.24, 2.45) is 0 Å². The maximum absolute atomic E-state index is 12.8. The number of nitrogens with one attached hydrogen (secondary N) is 1. The highest BCUT2D eigenvalue weighted by molar-refractivity contribution is 7.98. The number of fused-ring (bicyclic) bond motifs is 1. The van der Waals surface area contributed by atoms with Crippen molar-refractivity contribution >= 4 is 46.0 Å². The molecule has 1 aliphatic heterocycles. The molecule has 1 fully saturated rings. The molecular formula is C22H23ClN4O4S. The second-order valence-electron chi connectivity index (χ2n) is 7.24. The van der Waals surface area contributed by atoms with Crippen molar-refractivity contribution in [2.75, 3.05) is 32.4 Å². The van der Waals surface area contributed by atoms with Gasteiger partial charge in [-0.05, 0) is 32.1 Å². The van der Waals surface area contributed by atoms with E-state index in [1.54, 1.807) is 26.5 Å². The summed E-state index contributed by atoms with van der Waals surface area (Å²) in [5.41, 5.74) is 2.53. The van der Waals surface area contributed by atoms with Gasteiger partial charge in [-0.3, -0.25) is 4.79 Å². The van der Waals surface area contributed by atoms with Crippen molar-refractivity contribution in [3.8, 4) is 22.8 Å². The largest absolute Gasteiger partial charge is 0.496 e. The van der Waals surface area contributed by atoms with Crippen molar-refractivity contribution in [2.45, 2.75) is 31.0 Å². The number of rotatable bonds is 6. The van der Waals surface area contributed by atoms with Crippen LogP contribution in [-0.4, -0.2) is 54.0 Å². The summed E-state index contributed by atoms with van der Waals surface area (Å²) in [7, 11) is 3.12. The lowest BCUT2D eigenvalue weighted by atomic mass is 10.0. The molecule has 1 amide bonds. The first kappa shape index (κ1) is 22.6. The van der Waals surface area contributed by atoms with Gasteiger partial charge in [0.25, 0.3) is 5.91 Å². The van der Waals surface area contributed by atoms with Crippen LogP contribution in [0.3, 0.4) is 0 Å². The molecule has 168 valence electrons. The number of carbonyl (C=O) groups is 1. The Morgan fingerprint density at radius 2 is 2.03 bits per heavy atom. The number of hydrogen-bond acceptors (Lipinski definition) is 8. The topological polar surface area (TPSA) is 95.5 Å². The van der Waals surface area contributed by atoms with Crippen LogP contribution in [0.2, 0.25) is 5.02 Å². The van der Waals surface area contributed by atoms with Crippen molar-refractivity contribution in [3.63, 3.8) is 0 Å². The lowest BCUT2D eigenvalue weighted by Gasteiger charge is -2.17. The van der Waals surface area contributed by atoms with Crippen LogP contribution < -0.4 is 14.8 Å². The number of amides is 1. The summed E-state index contributed by atoms with van der Waals surface area (Å²) in [4.78, 5) is 26.5. The van der Waals surface area contributed by atoms with E-state index in [-0.39, 0.29) is 5.91 Å². The zero-order valence-corrected chi connectivity index (χ0v) is 19.8. The van der Waals surface area contributed by atoms with Crippen molar-refractivity contribution in [1.29, 1.82) is 0 Å². The Kier molecular flexibility index (Phi) is 6.68. The van der Waals surface area contributed by atoms with Gasteiger partial charge in [0.15, 0.2) is 11.0 Å². The van der Waals surface area contributed by atoms with Gasteiger partial charge in [0.05, 0.1) is 24.9 Å². The second kappa shape index (κ2) is 9.48. The van der Waals surface area contributed by atoms with E-state index in [9.17, 15) is 4.79 Å². The number of aromatic nitrogens is 3. The van der Waals surface area contributed by atoms with Crippen LogP contribution >= 0.6 is 23.4 Å². The summed E-state index contributed by atoms with van der Waals surface area (Å²) in [5.74, 6) is 1.16. The first-order valence-corrected chi connectivity index (χ1v) is 11.6. The molecule has 3 heterocycles. The number of pyridine rings is 1. The van der Waals surface area contributed by atoms with Gasteiger partial charge in [-0.1, -0.05) is 23.4 Å². The molecule has 0 bridgehead atoms. The Hall–Kier alpha value is -2.62. The summed E-state index contributed by atoms with van der Waals surface area (Å²) in [5, 5.41) is 4.60. The Bertz CT molecular complexity index is 1160. The number of halogens is 1. The number of nitrogens with zero attached hydrogens (tertiary/aromatic N) is 3. The van der Waals surface area contributed by atoms with Gasteiger partial charge in [-0.25, -0.2) is 15.0 Å². The third-order valence-electron chi connectivity index (χ3n) is 5.33. The number of carbonyl (C=O) groups excluding carboxylic acids is 1. The molecule has 32 heavy (non-hydrogen) atoms. The average molecular weight is 475 g/mol. The quantitative estimate of drug-likeness (QED) is 0.412. The lowest BCUT2D eigenvalue weighted by molar-refractivity contribution is -0.124. The summed E-state index contributed by atoms with van der Waals surface area (Å²) in [6.45, 7) is 2.47. The molecule has 0 saturated carbocycles. The number of thioether (sulfide) groups is 1. The Morgan fingerprint density at radius 3 is 2.69 bits per heavy atom. The van der Waals surface area contributed by atoms with Crippen molar-refractivity contribution < 1.29 is 19.0 Å². The number of anilines is 1. The van der Waals surface area contributed by atoms with Crippen LogP contribution in [0.5, 0.6) is 11.5 Å². The molecule has 0 spiro atoms. The smallest absolute Gasteiger partial charge is 0.254 e. The first-order valence-electron chi connectivity index (χ1n) is 10.0. The fraction of sp³-hybridized carbons (Fsp3) is 0.364. The van der Waals surface area contributed by atoms with Gasteiger partial charge in [-0.2, -0.15) is 0 Å². The molecule has 10 heteroatoms. The van der Waals surface area contributed by atoms with Crippen molar-refractivity contribution in [1.82, 2.24) is 15.0 Å². The van der Waals surface area contributed by atoms with Crippen LogP contribution in [0.25, 0.3) is 22.2 Å². The molecule has 0 aliphatic carbocycles. The highest BCUT2D eigenvalue weighted by atomic mass is 35.5. The molecule has 3 aromatic rings. The number of ether oxygens (including phenoxy) is 3. The predicted octanol–water partition coefficient (Wildman–Crippen LogP) is 4.51. The minimum absolute atomic E-state index is 0.246. The molecule has 1 aliphatic rings. The summed E-state index contributed by atoms with van der Waals surface area (Å²) in [6.07, 6.45) is 4.62. The SMILES string of the molecule is COc1cc(OC)c(Cl)c(-c2cc3cnc(SC)nc3c(NC(=O)C3CCCO3)n2)c1C. The summed E-state index contributed by atoms with van der Waals surface area (Å²) >= 11 is 8.09. The highest BCUT2D eigenvalue weighted by Crippen LogP contribution is 2.43. The lowest BCUT2D eigenvalue weighted by Crippen LogP contribution is -2.27. The Labute approximate surface area is 195 Å². The first-order chi connectivity index (χ1) is 15.5. The van der Waals surface area contributed by atoms with Gasteiger partial charge >= 0.3 is 0 Å². The maximum atomic E-state index is 12.8. The number of methoxy groups -OCH3 is 2. The fourth-order valence-electron chi connectivity index (χ4n) is 3.69. The minimum atomic E-state index is -0.500. The van der Waals surface area contributed by atoms with Gasteiger partial charge < -0.3 is 19.5 Å². The summed E-state index contributed by atoms with van der Waals surface area (Å²) in [6, 6.07) is 3.57. The van der Waals surface area contributed by atoms with E-state index in [1.165, 1.54) is 11.8 Å². The molecular weight excluding hydrogens is 452 g/mol. The van der Waals surface area contributed by atoms with Crippen LogP contribution in [0.4, 0.5) is 5.82 Å². The zero-order valence-electron chi connectivity index (χ0n) is 18.2. The minimum Gasteiger partial charge on any atom is -0.496 e. The molecule has 4 rings (SSSR count). The number of benzene rings is 1. The summed E-state index contributed by atoms with van der Waals surface area (Å²) < 4.78 is 16.5. The van der Waals surface area contributed by atoms with Crippen molar-refractivity contribution in [3.05, 3.63) is 28.9 Å². The van der Waals surface area contributed by atoms with E-state index in [2.05, 4.69) is 15.3 Å². The normalized spacial score (nSPS) is 15.7.